The molecular formula is C12H9ClN4S. The number of fused-ring (bicyclic) bond motifs is 1. The highest BCUT2D eigenvalue weighted by Crippen LogP contribution is 2.24. The van der Waals surface area contributed by atoms with E-state index in [4.69, 9.17) is 11.6 Å². The first-order valence-corrected chi connectivity index (χ1v) is 6.88. The molecule has 0 fully saturated rings. The van der Waals surface area contributed by atoms with Gasteiger partial charge in [-0.1, -0.05) is 17.7 Å². The molecule has 0 unspecified atom stereocenters. The summed E-state index contributed by atoms with van der Waals surface area (Å²) in [5, 5.41) is 6.91. The molecule has 0 atom stereocenters. The van der Waals surface area contributed by atoms with E-state index in [1.165, 1.54) is 0 Å². The van der Waals surface area contributed by atoms with Gasteiger partial charge >= 0.3 is 0 Å². The van der Waals surface area contributed by atoms with Crippen LogP contribution in [-0.4, -0.2) is 26.0 Å². The second-order valence-corrected chi connectivity index (χ2v) is 4.89. The van der Waals surface area contributed by atoms with Gasteiger partial charge in [0.2, 0.25) is 0 Å². The number of nitrogens with zero attached hydrogens (tertiary/aromatic N) is 4. The van der Waals surface area contributed by atoms with Gasteiger partial charge in [0.05, 0.1) is 17.3 Å². The van der Waals surface area contributed by atoms with Gasteiger partial charge in [-0.2, -0.15) is 5.10 Å². The van der Waals surface area contributed by atoms with Gasteiger partial charge in [-0.3, -0.25) is 0 Å². The fourth-order valence-corrected chi connectivity index (χ4v) is 2.48. The van der Waals surface area contributed by atoms with Gasteiger partial charge in [0.25, 0.3) is 0 Å². The SMILES string of the molecule is CSc1ncnc2c1cnn2-c1cccc(Cl)c1. The molecule has 0 saturated carbocycles. The van der Waals surface area contributed by atoms with Crippen LogP contribution >= 0.6 is 23.4 Å². The van der Waals surface area contributed by atoms with Crippen LogP contribution in [0.15, 0.2) is 41.8 Å². The molecule has 0 radical (unpaired) electrons. The first-order valence-electron chi connectivity index (χ1n) is 5.28. The summed E-state index contributed by atoms with van der Waals surface area (Å²) >= 11 is 7.57. The molecule has 3 aromatic rings. The fraction of sp³-hybridized carbons (Fsp3) is 0.0833. The summed E-state index contributed by atoms with van der Waals surface area (Å²) in [6.07, 6.45) is 5.32. The maximum Gasteiger partial charge on any atom is 0.167 e. The van der Waals surface area contributed by atoms with Gasteiger partial charge in [0, 0.05) is 5.02 Å². The molecule has 0 bridgehead atoms. The topological polar surface area (TPSA) is 43.6 Å². The zero-order valence-electron chi connectivity index (χ0n) is 9.54. The van der Waals surface area contributed by atoms with Crippen molar-refractivity contribution in [1.29, 1.82) is 0 Å². The number of aromatic nitrogens is 4. The number of benzene rings is 1. The van der Waals surface area contributed by atoms with E-state index in [1.54, 1.807) is 29.0 Å². The number of hydrogen-bond acceptors (Lipinski definition) is 4. The number of thioether (sulfide) groups is 1. The predicted octanol–water partition coefficient (Wildman–Crippen LogP) is 3.19. The van der Waals surface area contributed by atoms with Crippen LogP contribution in [-0.2, 0) is 0 Å². The monoisotopic (exact) mass is 276 g/mol. The third-order valence-corrected chi connectivity index (χ3v) is 3.52. The molecule has 18 heavy (non-hydrogen) atoms. The molecule has 3 rings (SSSR count). The average Bonchev–Trinajstić information content (AvgIpc) is 2.82. The van der Waals surface area contributed by atoms with E-state index in [0.717, 1.165) is 21.7 Å². The Kier molecular flexibility index (Phi) is 2.93. The summed E-state index contributed by atoms with van der Waals surface area (Å²) < 4.78 is 1.77. The van der Waals surface area contributed by atoms with E-state index in [2.05, 4.69) is 15.1 Å². The van der Waals surface area contributed by atoms with E-state index in [-0.39, 0.29) is 0 Å². The Labute approximate surface area is 113 Å². The van der Waals surface area contributed by atoms with Crippen molar-refractivity contribution in [2.24, 2.45) is 0 Å². The second kappa shape index (κ2) is 4.59. The Hall–Kier alpha value is -1.59. The van der Waals surface area contributed by atoms with Gasteiger partial charge in [-0.05, 0) is 24.5 Å². The van der Waals surface area contributed by atoms with Crippen LogP contribution in [0.5, 0.6) is 0 Å². The molecule has 4 nitrogen and oxygen atoms in total. The van der Waals surface area contributed by atoms with Crippen molar-refractivity contribution in [1.82, 2.24) is 19.7 Å². The van der Waals surface area contributed by atoms with E-state index in [0.29, 0.717) is 5.02 Å². The lowest BCUT2D eigenvalue weighted by Gasteiger charge is -2.03. The summed E-state index contributed by atoms with van der Waals surface area (Å²) in [7, 11) is 0. The predicted molar refractivity (Wildman–Crippen MR) is 73.5 cm³/mol. The Balaban J connectivity index is 2.25. The maximum absolute atomic E-state index is 5.99. The van der Waals surface area contributed by atoms with Crippen molar-refractivity contribution in [3.05, 3.63) is 41.8 Å². The summed E-state index contributed by atoms with van der Waals surface area (Å²) in [5.41, 5.74) is 1.68. The Morgan fingerprint density at radius 3 is 2.94 bits per heavy atom. The van der Waals surface area contributed by atoms with Crippen LogP contribution in [0.1, 0.15) is 0 Å². The van der Waals surface area contributed by atoms with Gasteiger partial charge in [-0.25, -0.2) is 14.6 Å². The van der Waals surface area contributed by atoms with Crippen LogP contribution in [0, 0.1) is 0 Å². The Morgan fingerprint density at radius 1 is 1.28 bits per heavy atom. The molecule has 0 saturated heterocycles. The average molecular weight is 277 g/mol. The molecule has 0 amide bonds. The highest BCUT2D eigenvalue weighted by molar-refractivity contribution is 7.98. The quantitative estimate of drug-likeness (QED) is 0.533. The Bertz CT molecular complexity index is 710. The maximum atomic E-state index is 5.99. The molecule has 0 N–H and O–H groups in total. The molecular weight excluding hydrogens is 268 g/mol. The van der Waals surface area contributed by atoms with Crippen molar-refractivity contribution < 1.29 is 0 Å². The van der Waals surface area contributed by atoms with Crippen molar-refractivity contribution in [2.75, 3.05) is 6.26 Å². The molecule has 0 spiro atoms. The molecule has 90 valence electrons. The Morgan fingerprint density at radius 2 is 2.17 bits per heavy atom. The molecule has 2 heterocycles. The highest BCUT2D eigenvalue weighted by Gasteiger charge is 2.10. The van der Waals surface area contributed by atoms with Gasteiger partial charge in [0.1, 0.15) is 11.4 Å². The van der Waals surface area contributed by atoms with Crippen LogP contribution in [0.4, 0.5) is 0 Å². The van der Waals surface area contributed by atoms with E-state index in [1.807, 2.05) is 30.5 Å². The van der Waals surface area contributed by atoms with Crippen LogP contribution < -0.4 is 0 Å². The molecule has 2 aromatic heterocycles. The van der Waals surface area contributed by atoms with Crippen LogP contribution in [0.2, 0.25) is 5.02 Å². The lowest BCUT2D eigenvalue weighted by Crippen LogP contribution is -1.97. The van der Waals surface area contributed by atoms with Crippen molar-refractivity contribution in [2.45, 2.75) is 5.03 Å². The lowest BCUT2D eigenvalue weighted by molar-refractivity contribution is 0.893. The molecule has 1 aromatic carbocycles. The minimum atomic E-state index is 0.676. The standard InChI is InChI=1S/C12H9ClN4S/c1-18-12-10-6-16-17(11(10)14-7-15-12)9-4-2-3-8(13)5-9/h2-7H,1H3. The number of halogens is 1. The normalized spacial score (nSPS) is 11.0. The van der Waals surface area contributed by atoms with E-state index in [9.17, 15) is 0 Å². The van der Waals surface area contributed by atoms with Crippen molar-refractivity contribution in [3.8, 4) is 5.69 Å². The third-order valence-electron chi connectivity index (χ3n) is 2.58. The molecule has 0 aliphatic rings. The zero-order valence-corrected chi connectivity index (χ0v) is 11.1. The summed E-state index contributed by atoms with van der Waals surface area (Å²) in [4.78, 5) is 8.51. The summed E-state index contributed by atoms with van der Waals surface area (Å²) in [5.74, 6) is 0. The van der Waals surface area contributed by atoms with E-state index >= 15 is 0 Å². The van der Waals surface area contributed by atoms with Crippen molar-refractivity contribution in [3.63, 3.8) is 0 Å². The molecule has 0 aliphatic heterocycles. The first kappa shape index (κ1) is 11.5. The molecule has 6 heteroatoms. The van der Waals surface area contributed by atoms with Crippen LogP contribution in [0.25, 0.3) is 16.7 Å². The summed E-state index contributed by atoms with van der Waals surface area (Å²) in [6, 6.07) is 7.52. The summed E-state index contributed by atoms with van der Waals surface area (Å²) in [6.45, 7) is 0. The molecule has 0 aliphatic carbocycles. The first-order chi connectivity index (χ1) is 8.79. The van der Waals surface area contributed by atoms with Crippen molar-refractivity contribution >= 4 is 34.4 Å². The third kappa shape index (κ3) is 1.85. The van der Waals surface area contributed by atoms with Gasteiger partial charge < -0.3 is 0 Å². The number of hydrogen-bond donors (Lipinski definition) is 0. The zero-order chi connectivity index (χ0) is 12.5. The van der Waals surface area contributed by atoms with Gasteiger partial charge in [0.15, 0.2) is 5.65 Å². The number of rotatable bonds is 2. The second-order valence-electron chi connectivity index (χ2n) is 3.66. The minimum absolute atomic E-state index is 0.676. The largest absolute Gasteiger partial charge is 0.229 e. The fourth-order valence-electron chi connectivity index (χ4n) is 1.78. The van der Waals surface area contributed by atoms with Gasteiger partial charge in [-0.15, -0.1) is 11.8 Å². The smallest absolute Gasteiger partial charge is 0.167 e. The van der Waals surface area contributed by atoms with E-state index < -0.39 is 0 Å². The lowest BCUT2D eigenvalue weighted by atomic mass is 10.3. The minimum Gasteiger partial charge on any atom is -0.229 e. The highest BCUT2D eigenvalue weighted by atomic mass is 35.5. The van der Waals surface area contributed by atoms with Crippen LogP contribution in [0.3, 0.4) is 0 Å².